The van der Waals surface area contributed by atoms with E-state index in [9.17, 15) is 27.6 Å². The Bertz CT molecular complexity index is 1900. The number of rotatable bonds is 6. The number of hydrogen-bond donors (Lipinski definition) is 3. The number of benzene rings is 2. The fourth-order valence-electron chi connectivity index (χ4n) is 9.27. The molecule has 2 saturated heterocycles. The van der Waals surface area contributed by atoms with Gasteiger partial charge in [-0.1, -0.05) is 61.4 Å². The lowest BCUT2D eigenvalue weighted by Gasteiger charge is -2.34. The van der Waals surface area contributed by atoms with E-state index < -0.39 is 51.7 Å². The van der Waals surface area contributed by atoms with Crippen LogP contribution >= 0.6 is 0 Å². The number of amides is 4. The van der Waals surface area contributed by atoms with Gasteiger partial charge in [0.2, 0.25) is 11.8 Å². The summed E-state index contributed by atoms with van der Waals surface area (Å²) >= 11 is 0. The van der Waals surface area contributed by atoms with E-state index >= 15 is 0 Å². The Kier molecular flexibility index (Phi) is 10.9. The van der Waals surface area contributed by atoms with Crippen molar-refractivity contribution in [3.05, 3.63) is 59.7 Å². The van der Waals surface area contributed by atoms with E-state index in [1.807, 2.05) is 24.3 Å². The molecule has 3 N–H and O–H groups in total. The first-order valence-electron chi connectivity index (χ1n) is 20.0. The minimum atomic E-state index is -4.19. The fraction of sp³-hybridized carbons (Fsp3) is 0.600. The molecule has 14 nitrogen and oxygen atoms in total. The van der Waals surface area contributed by atoms with Crippen molar-refractivity contribution in [3.63, 3.8) is 0 Å². The molecule has 4 heterocycles. The molecule has 6 aliphatic rings. The standard InChI is InChI=1S/C40H52N6O8S/c47-36-34-22-31(44-24-28-12-8-10-27-11-9-13-29(25-44)35(27)28)26-46(34)37(48)33(41-39(50)54-32-15-6-7-16-32)17-5-3-1-2-4-14-30-23-40(30,42-36)38(49)43-55(51,52)45-18-20-53-21-19-45/h4,8-14,30-34H,1-3,5-7,15-26H2,(H,41,50)(H,42,47)(H,43,49)/b14-4+/t30?,31-,33?,34?,40?/m1/s1. The van der Waals surface area contributed by atoms with Crippen molar-refractivity contribution in [2.24, 2.45) is 5.92 Å². The van der Waals surface area contributed by atoms with Crippen LogP contribution in [0.25, 0.3) is 10.8 Å². The Balaban J connectivity index is 1.08. The minimum Gasteiger partial charge on any atom is -0.446 e. The smallest absolute Gasteiger partial charge is 0.408 e. The van der Waals surface area contributed by atoms with Crippen LogP contribution in [0.2, 0.25) is 0 Å². The molecule has 296 valence electrons. The van der Waals surface area contributed by atoms with Gasteiger partial charge in [0.15, 0.2) is 0 Å². The van der Waals surface area contributed by atoms with Gasteiger partial charge in [-0.15, -0.1) is 0 Å². The second-order valence-electron chi connectivity index (χ2n) is 16.0. The van der Waals surface area contributed by atoms with Crippen LogP contribution in [-0.2, 0) is 47.2 Å². The van der Waals surface area contributed by atoms with Crippen LogP contribution in [-0.4, -0.2) is 109 Å². The van der Waals surface area contributed by atoms with E-state index in [4.69, 9.17) is 9.47 Å². The van der Waals surface area contributed by atoms with Gasteiger partial charge in [-0.25, -0.2) is 9.52 Å². The van der Waals surface area contributed by atoms with Gasteiger partial charge in [-0.3, -0.25) is 19.3 Å². The van der Waals surface area contributed by atoms with Gasteiger partial charge in [-0.05, 0) is 79.7 Å². The van der Waals surface area contributed by atoms with Gasteiger partial charge in [-0.2, -0.15) is 12.7 Å². The molecule has 2 aliphatic carbocycles. The number of carbonyl (C=O) groups excluding carboxylic acids is 4. The molecule has 5 atom stereocenters. The summed E-state index contributed by atoms with van der Waals surface area (Å²) in [7, 11) is -4.19. The summed E-state index contributed by atoms with van der Waals surface area (Å²) < 4.78 is 41.1. The number of nitrogens with one attached hydrogen (secondary N) is 3. The van der Waals surface area contributed by atoms with E-state index in [1.165, 1.54) is 26.2 Å². The zero-order valence-corrected chi connectivity index (χ0v) is 32.1. The average Bonchev–Trinajstić information content (AvgIpc) is 3.46. The molecule has 4 fully saturated rings. The zero-order chi connectivity index (χ0) is 38.2. The Morgan fingerprint density at radius 2 is 1.64 bits per heavy atom. The highest BCUT2D eigenvalue weighted by molar-refractivity contribution is 7.87. The van der Waals surface area contributed by atoms with Crippen LogP contribution in [0.5, 0.6) is 0 Å². The number of fused-ring (bicyclic) bond motifs is 2. The third-order valence-electron chi connectivity index (χ3n) is 12.4. The second-order valence-corrected chi connectivity index (χ2v) is 17.7. The van der Waals surface area contributed by atoms with Crippen molar-refractivity contribution in [2.45, 2.75) is 113 Å². The predicted octanol–water partition coefficient (Wildman–Crippen LogP) is 3.25. The number of nitrogens with zero attached hydrogens (tertiary/aromatic N) is 3. The van der Waals surface area contributed by atoms with Gasteiger partial charge >= 0.3 is 16.3 Å². The Labute approximate surface area is 322 Å². The van der Waals surface area contributed by atoms with Crippen LogP contribution in [0.3, 0.4) is 0 Å². The summed E-state index contributed by atoms with van der Waals surface area (Å²) in [6, 6.07) is 10.5. The Morgan fingerprint density at radius 1 is 0.927 bits per heavy atom. The van der Waals surface area contributed by atoms with Crippen LogP contribution in [0, 0.1) is 5.92 Å². The van der Waals surface area contributed by atoms with Gasteiger partial charge in [0.05, 0.1) is 13.2 Å². The number of allylic oxidation sites excluding steroid dienone is 1. The molecule has 0 radical (unpaired) electrons. The van der Waals surface area contributed by atoms with Gasteiger partial charge in [0.1, 0.15) is 23.7 Å². The van der Waals surface area contributed by atoms with Crippen molar-refractivity contribution in [1.82, 2.24) is 29.5 Å². The highest BCUT2D eigenvalue weighted by Gasteiger charge is 2.62. The topological polar surface area (TPSA) is 167 Å². The molecule has 0 bridgehead atoms. The highest BCUT2D eigenvalue weighted by Crippen LogP contribution is 2.46. The minimum absolute atomic E-state index is 0.116. The average molecular weight is 777 g/mol. The Hall–Kier alpha value is -4.05. The summed E-state index contributed by atoms with van der Waals surface area (Å²) in [6.45, 7) is 2.21. The molecular formula is C40H52N6O8S. The summed E-state index contributed by atoms with van der Waals surface area (Å²) in [4.78, 5) is 60.4. The maximum Gasteiger partial charge on any atom is 0.408 e. The third kappa shape index (κ3) is 7.98. The molecule has 2 saturated carbocycles. The molecule has 0 spiro atoms. The molecular weight excluding hydrogens is 725 g/mol. The monoisotopic (exact) mass is 776 g/mol. The van der Waals surface area contributed by atoms with E-state index in [2.05, 4.69) is 44.5 Å². The van der Waals surface area contributed by atoms with Crippen LogP contribution in [0.15, 0.2) is 48.6 Å². The molecule has 4 aliphatic heterocycles. The fourth-order valence-corrected chi connectivity index (χ4v) is 10.4. The predicted molar refractivity (Wildman–Crippen MR) is 203 cm³/mol. The first kappa shape index (κ1) is 37.9. The lowest BCUT2D eigenvalue weighted by molar-refractivity contribution is -0.141. The van der Waals surface area contributed by atoms with Crippen molar-refractivity contribution in [2.75, 3.05) is 32.8 Å². The van der Waals surface area contributed by atoms with Crippen LogP contribution in [0.4, 0.5) is 4.79 Å². The van der Waals surface area contributed by atoms with Crippen LogP contribution in [0.1, 0.15) is 81.8 Å². The summed E-state index contributed by atoms with van der Waals surface area (Å²) in [5.41, 5.74) is 0.861. The second kappa shape index (κ2) is 15.8. The molecule has 2 aromatic carbocycles. The normalized spacial score (nSPS) is 30.4. The lowest BCUT2D eigenvalue weighted by Crippen LogP contribution is -2.59. The lowest BCUT2D eigenvalue weighted by atomic mass is 9.94. The highest BCUT2D eigenvalue weighted by atomic mass is 32.2. The van der Waals surface area contributed by atoms with Crippen molar-refractivity contribution in [3.8, 4) is 0 Å². The van der Waals surface area contributed by atoms with E-state index in [1.54, 1.807) is 4.90 Å². The molecule has 15 heteroatoms. The molecule has 4 unspecified atom stereocenters. The maximum absolute atomic E-state index is 14.7. The van der Waals surface area contributed by atoms with Crippen molar-refractivity contribution in [1.29, 1.82) is 0 Å². The molecule has 0 aromatic heterocycles. The quantitative estimate of drug-likeness (QED) is 0.374. The molecule has 4 amide bonds. The third-order valence-corrected chi connectivity index (χ3v) is 13.9. The largest absolute Gasteiger partial charge is 0.446 e. The van der Waals surface area contributed by atoms with E-state index in [0.717, 1.165) is 38.5 Å². The summed E-state index contributed by atoms with van der Waals surface area (Å²) in [6.07, 6.45) is 10.6. The van der Waals surface area contributed by atoms with Crippen LogP contribution < -0.4 is 15.4 Å². The first-order chi connectivity index (χ1) is 26.6. The number of alkyl carbamates (subject to hydrolysis) is 1. The van der Waals surface area contributed by atoms with Gasteiger partial charge < -0.3 is 25.0 Å². The van der Waals surface area contributed by atoms with Crippen molar-refractivity contribution < 1.29 is 37.1 Å². The number of hydrogen-bond acceptors (Lipinski definition) is 9. The number of morpholine rings is 1. The number of carbonyl (C=O) groups is 4. The van der Waals surface area contributed by atoms with E-state index in [0.29, 0.717) is 38.8 Å². The van der Waals surface area contributed by atoms with Crippen molar-refractivity contribution >= 4 is 44.8 Å². The SMILES string of the molecule is O=C(NC1CCCCC/C=C/C2CC2(C(=O)NS(=O)(=O)N2CCOCC2)NC(=O)C2C[C@@H](N3Cc4cccc5cccc(c45)C3)CN2C1=O)OC1CCCC1. The molecule has 8 rings (SSSR count). The molecule has 55 heavy (non-hydrogen) atoms. The Morgan fingerprint density at radius 3 is 2.36 bits per heavy atom. The summed E-state index contributed by atoms with van der Waals surface area (Å²) in [5, 5.41) is 8.27. The van der Waals surface area contributed by atoms with E-state index in [-0.39, 0.29) is 57.3 Å². The van der Waals surface area contributed by atoms with Gasteiger partial charge in [0.25, 0.3) is 5.91 Å². The maximum atomic E-state index is 14.7. The van der Waals surface area contributed by atoms with Gasteiger partial charge in [0, 0.05) is 44.7 Å². The number of ether oxygens (including phenoxy) is 2. The zero-order valence-electron chi connectivity index (χ0n) is 31.2. The summed E-state index contributed by atoms with van der Waals surface area (Å²) in [5.74, 6) is -2.10. The molecule has 2 aromatic rings. The first-order valence-corrected chi connectivity index (χ1v) is 21.5.